The van der Waals surface area contributed by atoms with Gasteiger partial charge in [0.15, 0.2) is 6.61 Å². The molecule has 26 heavy (non-hydrogen) atoms. The standard InChI is InChI=1S/C19H25N3O3S/c1-11(2)17-18(26-15-7-12(3)6-13(4)8-15)22(9-14(5)23)16(21-17)10-25-19(20)24/h6-8,11H,9-10H2,1-5H3,(H2,20,24). The number of nitrogens with zero attached hydrogens (tertiary/aromatic N) is 2. The van der Waals surface area contributed by atoms with Gasteiger partial charge < -0.3 is 15.0 Å². The van der Waals surface area contributed by atoms with Crippen LogP contribution in [0.15, 0.2) is 28.1 Å². The van der Waals surface area contributed by atoms with Gasteiger partial charge in [-0.15, -0.1) is 0 Å². The van der Waals surface area contributed by atoms with Gasteiger partial charge in [0.25, 0.3) is 0 Å². The lowest BCUT2D eigenvalue weighted by Gasteiger charge is -2.12. The van der Waals surface area contributed by atoms with Crippen molar-refractivity contribution in [3.8, 4) is 0 Å². The Labute approximate surface area is 158 Å². The van der Waals surface area contributed by atoms with E-state index < -0.39 is 6.09 Å². The highest BCUT2D eigenvalue weighted by Crippen LogP contribution is 2.36. The molecule has 0 aliphatic heterocycles. The molecule has 2 N–H and O–H groups in total. The van der Waals surface area contributed by atoms with Crippen molar-refractivity contribution in [2.45, 2.75) is 63.6 Å². The maximum atomic E-state index is 11.8. The zero-order valence-electron chi connectivity index (χ0n) is 15.8. The van der Waals surface area contributed by atoms with Crippen molar-refractivity contribution in [2.75, 3.05) is 0 Å². The van der Waals surface area contributed by atoms with Gasteiger partial charge in [-0.2, -0.15) is 0 Å². The maximum Gasteiger partial charge on any atom is 0.404 e. The predicted molar refractivity (Wildman–Crippen MR) is 101 cm³/mol. The van der Waals surface area contributed by atoms with Crippen LogP contribution in [-0.4, -0.2) is 21.4 Å². The molecule has 0 fully saturated rings. The molecule has 6 nitrogen and oxygen atoms in total. The van der Waals surface area contributed by atoms with Crippen LogP contribution in [0.25, 0.3) is 0 Å². The van der Waals surface area contributed by atoms with Gasteiger partial charge in [-0.25, -0.2) is 9.78 Å². The number of carbonyl (C=O) groups excluding carboxylic acids is 2. The fourth-order valence-corrected chi connectivity index (χ4v) is 4.10. The molecule has 0 aliphatic rings. The van der Waals surface area contributed by atoms with E-state index in [0.29, 0.717) is 5.82 Å². The van der Waals surface area contributed by atoms with Gasteiger partial charge in [-0.1, -0.05) is 31.7 Å². The van der Waals surface area contributed by atoms with E-state index in [2.05, 4.69) is 37.0 Å². The van der Waals surface area contributed by atoms with Gasteiger partial charge in [0, 0.05) is 4.90 Å². The summed E-state index contributed by atoms with van der Waals surface area (Å²) in [5, 5.41) is 0.892. The number of ketones is 1. The van der Waals surface area contributed by atoms with Gasteiger partial charge in [-0.3, -0.25) is 4.79 Å². The molecule has 7 heteroatoms. The number of aromatic nitrogens is 2. The summed E-state index contributed by atoms with van der Waals surface area (Å²) in [5.74, 6) is 0.679. The van der Waals surface area contributed by atoms with E-state index in [1.54, 1.807) is 11.8 Å². The third-order valence-corrected chi connectivity index (χ3v) is 4.80. The van der Waals surface area contributed by atoms with Crippen molar-refractivity contribution in [1.29, 1.82) is 0 Å². The van der Waals surface area contributed by atoms with Crippen LogP contribution in [0.4, 0.5) is 4.79 Å². The molecule has 1 heterocycles. The van der Waals surface area contributed by atoms with Gasteiger partial charge in [0.2, 0.25) is 0 Å². The quantitative estimate of drug-likeness (QED) is 0.791. The summed E-state index contributed by atoms with van der Waals surface area (Å²) in [6, 6.07) is 6.32. The Hall–Kier alpha value is -2.28. The molecule has 0 saturated carbocycles. The minimum atomic E-state index is -0.864. The largest absolute Gasteiger partial charge is 0.442 e. The first-order chi connectivity index (χ1) is 12.2. The number of ether oxygens (including phenoxy) is 1. The van der Waals surface area contributed by atoms with E-state index in [1.165, 1.54) is 18.1 Å². The molecule has 0 aliphatic carbocycles. The Morgan fingerprint density at radius 1 is 1.23 bits per heavy atom. The molecule has 2 rings (SSSR count). The van der Waals surface area contributed by atoms with E-state index in [-0.39, 0.29) is 24.9 Å². The lowest BCUT2D eigenvalue weighted by Crippen LogP contribution is -2.17. The van der Waals surface area contributed by atoms with E-state index in [0.717, 1.165) is 15.6 Å². The van der Waals surface area contributed by atoms with E-state index >= 15 is 0 Å². The highest BCUT2D eigenvalue weighted by Gasteiger charge is 2.22. The zero-order chi connectivity index (χ0) is 19.4. The molecule has 0 saturated heterocycles. The molecule has 0 atom stereocenters. The average Bonchev–Trinajstić information content (AvgIpc) is 2.81. The monoisotopic (exact) mass is 375 g/mol. The van der Waals surface area contributed by atoms with Crippen LogP contribution in [0.1, 0.15) is 49.3 Å². The minimum absolute atomic E-state index is 0.000281. The van der Waals surface area contributed by atoms with Crippen LogP contribution in [0.2, 0.25) is 0 Å². The van der Waals surface area contributed by atoms with Crippen LogP contribution in [0.5, 0.6) is 0 Å². The summed E-state index contributed by atoms with van der Waals surface area (Å²) in [6.07, 6.45) is -0.864. The van der Waals surface area contributed by atoms with E-state index in [4.69, 9.17) is 10.5 Å². The number of primary amides is 1. The number of imidazole rings is 1. The molecule has 0 unspecified atom stereocenters. The van der Waals surface area contributed by atoms with Crippen LogP contribution in [0.3, 0.4) is 0 Å². The number of carbonyl (C=O) groups is 2. The number of aryl methyl sites for hydroxylation is 2. The Morgan fingerprint density at radius 3 is 2.35 bits per heavy atom. The first-order valence-corrected chi connectivity index (χ1v) is 9.26. The van der Waals surface area contributed by atoms with Crippen molar-refractivity contribution in [3.05, 3.63) is 40.8 Å². The lowest BCUT2D eigenvalue weighted by atomic mass is 10.1. The third-order valence-electron chi connectivity index (χ3n) is 3.71. The van der Waals surface area contributed by atoms with Crippen LogP contribution >= 0.6 is 11.8 Å². The number of hydrogen-bond acceptors (Lipinski definition) is 5. The highest BCUT2D eigenvalue weighted by molar-refractivity contribution is 7.99. The molecule has 0 radical (unpaired) electrons. The van der Waals surface area contributed by atoms with E-state index in [1.807, 2.05) is 18.4 Å². The summed E-state index contributed by atoms with van der Waals surface area (Å²) >= 11 is 1.57. The van der Waals surface area contributed by atoms with Gasteiger partial charge in [0.05, 0.1) is 12.2 Å². The second kappa shape index (κ2) is 8.40. The number of hydrogen-bond donors (Lipinski definition) is 1. The number of amides is 1. The Bertz CT molecular complexity index is 807. The van der Waals surface area contributed by atoms with Crippen molar-refractivity contribution in [1.82, 2.24) is 9.55 Å². The lowest BCUT2D eigenvalue weighted by molar-refractivity contribution is -0.117. The SMILES string of the molecule is CC(=O)Cn1c(COC(N)=O)nc(C(C)C)c1Sc1cc(C)cc(C)c1. The minimum Gasteiger partial charge on any atom is -0.442 e. The molecule has 1 amide bonds. The smallest absolute Gasteiger partial charge is 0.404 e. The third kappa shape index (κ3) is 5.11. The fourth-order valence-electron chi connectivity index (χ4n) is 2.72. The number of rotatable bonds is 7. The first-order valence-electron chi connectivity index (χ1n) is 8.44. The van der Waals surface area contributed by atoms with Gasteiger partial charge >= 0.3 is 6.09 Å². The highest BCUT2D eigenvalue weighted by atomic mass is 32.2. The number of nitrogens with two attached hydrogens (primary N) is 1. The topological polar surface area (TPSA) is 87.2 Å². The molecule has 140 valence electrons. The second-order valence-corrected chi connectivity index (χ2v) is 7.76. The van der Waals surface area contributed by atoms with Crippen molar-refractivity contribution < 1.29 is 14.3 Å². The summed E-state index contributed by atoms with van der Waals surface area (Å²) in [5.41, 5.74) is 8.31. The normalized spacial score (nSPS) is 11.0. The summed E-state index contributed by atoms with van der Waals surface area (Å²) in [7, 11) is 0. The molecule has 1 aromatic carbocycles. The van der Waals surface area contributed by atoms with Crippen molar-refractivity contribution in [3.63, 3.8) is 0 Å². The predicted octanol–water partition coefficient (Wildman–Crippen LogP) is 3.96. The first kappa shape index (κ1) is 20.0. The zero-order valence-corrected chi connectivity index (χ0v) is 16.6. The summed E-state index contributed by atoms with van der Waals surface area (Å²) < 4.78 is 6.74. The molecule has 0 bridgehead atoms. The summed E-state index contributed by atoms with van der Waals surface area (Å²) in [6.45, 7) is 9.84. The molecule has 0 spiro atoms. The molecule has 2 aromatic rings. The fraction of sp³-hybridized carbons (Fsp3) is 0.421. The van der Waals surface area contributed by atoms with Crippen LogP contribution in [-0.2, 0) is 22.7 Å². The number of benzene rings is 1. The molecule has 1 aromatic heterocycles. The Balaban J connectivity index is 2.52. The Morgan fingerprint density at radius 2 is 1.85 bits per heavy atom. The Kier molecular flexibility index (Phi) is 6.47. The average molecular weight is 375 g/mol. The van der Waals surface area contributed by atoms with E-state index in [9.17, 15) is 9.59 Å². The maximum absolute atomic E-state index is 11.8. The van der Waals surface area contributed by atoms with Gasteiger partial charge in [-0.05, 0) is 49.9 Å². The number of Topliss-reactive ketones (excluding diaryl/α,β-unsaturated/α-hetero) is 1. The van der Waals surface area contributed by atoms with Crippen molar-refractivity contribution in [2.24, 2.45) is 5.73 Å². The van der Waals surface area contributed by atoms with Crippen molar-refractivity contribution >= 4 is 23.6 Å². The van der Waals surface area contributed by atoms with Crippen LogP contribution < -0.4 is 5.73 Å². The molecular weight excluding hydrogens is 350 g/mol. The molecular formula is C19H25N3O3S. The van der Waals surface area contributed by atoms with Gasteiger partial charge in [0.1, 0.15) is 16.6 Å². The second-order valence-electron chi connectivity index (χ2n) is 6.69. The summed E-state index contributed by atoms with van der Waals surface area (Å²) in [4.78, 5) is 28.5. The van der Waals surface area contributed by atoms with Crippen LogP contribution in [0, 0.1) is 13.8 Å².